The monoisotopic (exact) mass is 326 g/mol. The molecule has 122 valence electrons. The van der Waals surface area contributed by atoms with Gasteiger partial charge in [0.05, 0.1) is 0 Å². The Morgan fingerprint density at radius 1 is 1.04 bits per heavy atom. The first-order valence-electron chi connectivity index (χ1n) is 8.27. The maximum atomic E-state index is 5.66. The zero-order valence-corrected chi connectivity index (χ0v) is 15.1. The average Bonchev–Trinajstić information content (AvgIpc) is 2.55. The van der Waals surface area contributed by atoms with E-state index in [1.54, 1.807) is 0 Å². The molecule has 23 heavy (non-hydrogen) atoms. The highest BCUT2D eigenvalue weighted by Gasteiger charge is 2.10. The van der Waals surface area contributed by atoms with Crippen molar-refractivity contribution >= 4 is 23.0 Å². The number of hydrogen-bond donors (Lipinski definition) is 1. The summed E-state index contributed by atoms with van der Waals surface area (Å²) in [6.45, 7) is 8.28. The standard InChI is InChI=1S/C20H26N2S/c1-4-5-13-22(15-18-9-7-6-8-10-18)20(23)21-19-12-11-16(2)17(3)14-19/h6-12,14H,4-5,13,15H2,1-3H3,(H,21,23). The first-order chi connectivity index (χ1) is 11.1. The fourth-order valence-corrected chi connectivity index (χ4v) is 2.70. The van der Waals surface area contributed by atoms with Crippen molar-refractivity contribution in [2.45, 2.75) is 40.2 Å². The number of unbranched alkanes of at least 4 members (excludes halogenated alkanes) is 1. The Morgan fingerprint density at radius 2 is 1.78 bits per heavy atom. The second kappa shape index (κ2) is 8.68. The predicted octanol–water partition coefficient (Wildman–Crippen LogP) is 5.30. The van der Waals surface area contributed by atoms with E-state index in [1.807, 2.05) is 6.07 Å². The van der Waals surface area contributed by atoms with Gasteiger partial charge < -0.3 is 10.2 Å². The molecular formula is C20H26N2S. The van der Waals surface area contributed by atoms with Crippen LogP contribution in [0.1, 0.15) is 36.5 Å². The van der Waals surface area contributed by atoms with Gasteiger partial charge in [0.15, 0.2) is 5.11 Å². The molecule has 2 nitrogen and oxygen atoms in total. The van der Waals surface area contributed by atoms with Crippen LogP contribution in [-0.2, 0) is 6.54 Å². The Hall–Kier alpha value is -1.87. The number of nitrogens with one attached hydrogen (secondary N) is 1. The molecule has 1 N–H and O–H groups in total. The van der Waals surface area contributed by atoms with E-state index in [0.29, 0.717) is 0 Å². The lowest BCUT2D eigenvalue weighted by molar-refractivity contribution is 0.408. The highest BCUT2D eigenvalue weighted by molar-refractivity contribution is 7.80. The van der Waals surface area contributed by atoms with Gasteiger partial charge >= 0.3 is 0 Å². The average molecular weight is 327 g/mol. The van der Waals surface area contributed by atoms with E-state index in [0.717, 1.165) is 36.7 Å². The first kappa shape index (κ1) is 17.5. The third-order valence-corrected chi connectivity index (χ3v) is 4.40. The molecule has 0 atom stereocenters. The molecule has 2 aromatic carbocycles. The highest BCUT2D eigenvalue weighted by Crippen LogP contribution is 2.16. The fraction of sp³-hybridized carbons (Fsp3) is 0.350. The van der Waals surface area contributed by atoms with E-state index in [1.165, 1.54) is 16.7 Å². The van der Waals surface area contributed by atoms with Crippen LogP contribution >= 0.6 is 12.2 Å². The van der Waals surface area contributed by atoms with Crippen LogP contribution in [-0.4, -0.2) is 16.6 Å². The van der Waals surface area contributed by atoms with Crippen molar-refractivity contribution in [1.29, 1.82) is 0 Å². The third-order valence-electron chi connectivity index (χ3n) is 4.04. The van der Waals surface area contributed by atoms with Crippen LogP contribution in [0.15, 0.2) is 48.5 Å². The number of hydrogen-bond acceptors (Lipinski definition) is 1. The summed E-state index contributed by atoms with van der Waals surface area (Å²) in [5.74, 6) is 0. The molecular weight excluding hydrogens is 300 g/mol. The van der Waals surface area contributed by atoms with Gasteiger partial charge in [-0.25, -0.2) is 0 Å². The molecule has 0 heterocycles. The van der Waals surface area contributed by atoms with E-state index in [-0.39, 0.29) is 0 Å². The first-order valence-corrected chi connectivity index (χ1v) is 8.68. The minimum Gasteiger partial charge on any atom is -0.345 e. The predicted molar refractivity (Wildman–Crippen MR) is 104 cm³/mol. The molecule has 0 unspecified atom stereocenters. The minimum atomic E-state index is 0.797. The summed E-state index contributed by atoms with van der Waals surface area (Å²) in [4.78, 5) is 2.25. The quantitative estimate of drug-likeness (QED) is 0.725. The number of benzene rings is 2. The molecule has 3 heteroatoms. The summed E-state index contributed by atoms with van der Waals surface area (Å²) in [6, 6.07) is 16.9. The van der Waals surface area contributed by atoms with Gasteiger partial charge in [-0.2, -0.15) is 0 Å². The summed E-state index contributed by atoms with van der Waals surface area (Å²) in [6.07, 6.45) is 2.30. The van der Waals surface area contributed by atoms with E-state index >= 15 is 0 Å². The Morgan fingerprint density at radius 3 is 2.43 bits per heavy atom. The van der Waals surface area contributed by atoms with Gasteiger partial charge in [-0.15, -0.1) is 0 Å². The number of rotatable bonds is 6. The van der Waals surface area contributed by atoms with Crippen LogP contribution in [0.3, 0.4) is 0 Å². The topological polar surface area (TPSA) is 15.3 Å². The largest absolute Gasteiger partial charge is 0.345 e. The molecule has 0 fully saturated rings. The van der Waals surface area contributed by atoms with Gasteiger partial charge in [-0.05, 0) is 61.3 Å². The number of thiocarbonyl (C=S) groups is 1. The molecule has 0 saturated heterocycles. The van der Waals surface area contributed by atoms with E-state index < -0.39 is 0 Å². The number of anilines is 1. The zero-order valence-electron chi connectivity index (χ0n) is 14.3. The van der Waals surface area contributed by atoms with Crippen molar-refractivity contribution in [3.05, 3.63) is 65.2 Å². The maximum absolute atomic E-state index is 5.66. The molecule has 0 saturated carbocycles. The summed E-state index contributed by atoms with van der Waals surface area (Å²) < 4.78 is 0. The van der Waals surface area contributed by atoms with Gasteiger partial charge in [0.2, 0.25) is 0 Å². The molecule has 0 aromatic heterocycles. The molecule has 0 radical (unpaired) electrons. The molecule has 0 spiro atoms. The Balaban J connectivity index is 2.07. The number of aryl methyl sites for hydroxylation is 2. The van der Waals surface area contributed by atoms with E-state index in [4.69, 9.17) is 12.2 Å². The third kappa shape index (κ3) is 5.36. The lowest BCUT2D eigenvalue weighted by atomic mass is 10.1. The lowest BCUT2D eigenvalue weighted by Gasteiger charge is -2.26. The Labute approximate surface area is 145 Å². The summed E-state index contributed by atoms with van der Waals surface area (Å²) >= 11 is 5.66. The zero-order chi connectivity index (χ0) is 16.7. The van der Waals surface area contributed by atoms with E-state index in [2.05, 4.69) is 73.5 Å². The molecule has 0 bridgehead atoms. The van der Waals surface area contributed by atoms with Crippen LogP contribution in [0.25, 0.3) is 0 Å². The molecule has 2 aromatic rings. The van der Waals surface area contributed by atoms with Crippen LogP contribution in [0.2, 0.25) is 0 Å². The van der Waals surface area contributed by atoms with Crippen LogP contribution in [0.5, 0.6) is 0 Å². The van der Waals surface area contributed by atoms with Crippen molar-refractivity contribution in [1.82, 2.24) is 4.90 Å². The minimum absolute atomic E-state index is 0.797. The van der Waals surface area contributed by atoms with Crippen LogP contribution < -0.4 is 5.32 Å². The van der Waals surface area contributed by atoms with Crippen molar-refractivity contribution < 1.29 is 0 Å². The second-order valence-corrected chi connectivity index (χ2v) is 6.38. The lowest BCUT2D eigenvalue weighted by Crippen LogP contribution is -2.35. The Bertz CT molecular complexity index is 637. The van der Waals surface area contributed by atoms with Gasteiger partial charge in [0.25, 0.3) is 0 Å². The van der Waals surface area contributed by atoms with E-state index in [9.17, 15) is 0 Å². The molecule has 0 aliphatic heterocycles. The maximum Gasteiger partial charge on any atom is 0.173 e. The van der Waals surface area contributed by atoms with Crippen molar-refractivity contribution in [3.8, 4) is 0 Å². The smallest absolute Gasteiger partial charge is 0.173 e. The second-order valence-electron chi connectivity index (χ2n) is 5.99. The van der Waals surface area contributed by atoms with Crippen molar-refractivity contribution in [2.24, 2.45) is 0 Å². The normalized spacial score (nSPS) is 10.4. The van der Waals surface area contributed by atoms with Gasteiger partial charge in [0, 0.05) is 18.8 Å². The summed E-state index contributed by atoms with van der Waals surface area (Å²) in [5.41, 5.74) is 4.93. The van der Waals surface area contributed by atoms with Gasteiger partial charge in [0.1, 0.15) is 0 Å². The van der Waals surface area contributed by atoms with Crippen LogP contribution in [0.4, 0.5) is 5.69 Å². The molecule has 0 aliphatic rings. The van der Waals surface area contributed by atoms with Crippen molar-refractivity contribution in [3.63, 3.8) is 0 Å². The molecule has 0 aliphatic carbocycles. The summed E-state index contributed by atoms with van der Waals surface area (Å²) in [5, 5.41) is 4.19. The summed E-state index contributed by atoms with van der Waals surface area (Å²) in [7, 11) is 0. The molecule has 2 rings (SSSR count). The SMILES string of the molecule is CCCCN(Cc1ccccc1)C(=S)Nc1ccc(C)c(C)c1. The molecule has 0 amide bonds. The Kier molecular flexibility index (Phi) is 6.60. The fourth-order valence-electron chi connectivity index (χ4n) is 2.43. The number of nitrogens with zero attached hydrogens (tertiary/aromatic N) is 1. The van der Waals surface area contributed by atoms with Crippen molar-refractivity contribution in [2.75, 3.05) is 11.9 Å². The highest BCUT2D eigenvalue weighted by atomic mass is 32.1. The van der Waals surface area contributed by atoms with Gasteiger partial charge in [-0.1, -0.05) is 49.7 Å². The van der Waals surface area contributed by atoms with Gasteiger partial charge in [-0.3, -0.25) is 0 Å². The van der Waals surface area contributed by atoms with Crippen LogP contribution in [0, 0.1) is 13.8 Å².